The number of phenols is 1. The lowest BCUT2D eigenvalue weighted by molar-refractivity contribution is 0.399. The highest BCUT2D eigenvalue weighted by molar-refractivity contribution is 7.99. The first-order valence-electron chi connectivity index (χ1n) is 5.84. The topological polar surface area (TPSA) is 23.5 Å². The summed E-state index contributed by atoms with van der Waals surface area (Å²) >= 11 is 1.73. The van der Waals surface area contributed by atoms with E-state index in [-0.39, 0.29) is 0 Å². The fourth-order valence-corrected chi connectivity index (χ4v) is 2.65. The summed E-state index contributed by atoms with van der Waals surface area (Å²) < 4.78 is 0. The molecule has 2 rings (SSSR count). The molecule has 0 unspecified atom stereocenters. The van der Waals surface area contributed by atoms with Gasteiger partial charge < -0.3 is 10.0 Å². The van der Waals surface area contributed by atoms with Gasteiger partial charge in [-0.3, -0.25) is 0 Å². The summed E-state index contributed by atoms with van der Waals surface area (Å²) in [7, 11) is 4.14. The Labute approximate surface area is 112 Å². The van der Waals surface area contributed by atoms with Crippen molar-refractivity contribution in [2.45, 2.75) is 16.3 Å². The Balaban J connectivity index is 2.20. The highest BCUT2D eigenvalue weighted by Gasteiger charge is 2.04. The lowest BCUT2D eigenvalue weighted by Crippen LogP contribution is -2.11. The van der Waals surface area contributed by atoms with Crippen molar-refractivity contribution in [1.82, 2.24) is 4.90 Å². The lowest BCUT2D eigenvalue weighted by Gasteiger charge is -2.13. The number of nitrogens with zero attached hydrogens (tertiary/aromatic N) is 1. The number of aromatic hydroxyl groups is 1. The molecule has 0 aromatic heterocycles. The molecular weight excluding hydrogens is 242 g/mol. The summed E-state index contributed by atoms with van der Waals surface area (Å²) in [5.74, 6) is 0.306. The van der Waals surface area contributed by atoms with Crippen LogP contribution in [0.4, 0.5) is 0 Å². The molecule has 2 aromatic rings. The Hall–Kier alpha value is -1.45. The number of phenolic OH excluding ortho intramolecular Hbond substituents is 1. The molecule has 2 aromatic carbocycles. The lowest BCUT2D eigenvalue weighted by atomic mass is 10.2. The summed E-state index contributed by atoms with van der Waals surface area (Å²) in [5, 5.41) is 9.28. The zero-order valence-corrected chi connectivity index (χ0v) is 11.4. The van der Waals surface area contributed by atoms with Gasteiger partial charge in [-0.25, -0.2) is 0 Å². The molecule has 0 spiro atoms. The third-order valence-corrected chi connectivity index (χ3v) is 3.65. The zero-order chi connectivity index (χ0) is 13.0. The monoisotopic (exact) mass is 259 g/mol. The Kier molecular flexibility index (Phi) is 4.28. The first-order valence-corrected chi connectivity index (χ1v) is 6.66. The SMILES string of the molecule is CN(C)Cc1ccccc1Sc1ccc(O)cc1. The van der Waals surface area contributed by atoms with Crippen molar-refractivity contribution in [2.24, 2.45) is 0 Å². The van der Waals surface area contributed by atoms with Crippen molar-refractivity contribution in [3.63, 3.8) is 0 Å². The highest BCUT2D eigenvalue weighted by Crippen LogP contribution is 2.31. The Morgan fingerprint density at radius 1 is 1.00 bits per heavy atom. The second kappa shape index (κ2) is 5.94. The molecule has 0 amide bonds. The maximum absolute atomic E-state index is 9.28. The van der Waals surface area contributed by atoms with E-state index in [2.05, 4.69) is 43.3 Å². The van der Waals surface area contributed by atoms with Gasteiger partial charge in [-0.05, 0) is 50.0 Å². The van der Waals surface area contributed by atoms with Crippen molar-refractivity contribution >= 4 is 11.8 Å². The van der Waals surface area contributed by atoms with Crippen molar-refractivity contribution in [2.75, 3.05) is 14.1 Å². The largest absolute Gasteiger partial charge is 0.508 e. The highest BCUT2D eigenvalue weighted by atomic mass is 32.2. The van der Waals surface area contributed by atoms with Gasteiger partial charge >= 0.3 is 0 Å². The minimum absolute atomic E-state index is 0.306. The molecule has 0 aliphatic rings. The van der Waals surface area contributed by atoms with Crippen LogP contribution in [0.25, 0.3) is 0 Å². The average molecular weight is 259 g/mol. The summed E-state index contributed by atoms with van der Waals surface area (Å²) in [6.07, 6.45) is 0. The molecule has 0 saturated carbocycles. The standard InChI is InChI=1S/C15H17NOS/c1-16(2)11-12-5-3-4-6-15(12)18-14-9-7-13(17)8-10-14/h3-10,17H,11H2,1-2H3. The zero-order valence-electron chi connectivity index (χ0n) is 10.6. The van der Waals surface area contributed by atoms with E-state index in [1.807, 2.05) is 12.1 Å². The van der Waals surface area contributed by atoms with E-state index in [0.29, 0.717) is 5.75 Å². The van der Waals surface area contributed by atoms with Gasteiger partial charge in [0.05, 0.1) is 0 Å². The molecule has 1 N–H and O–H groups in total. The number of rotatable bonds is 4. The number of hydrogen-bond acceptors (Lipinski definition) is 3. The molecule has 0 aliphatic heterocycles. The van der Waals surface area contributed by atoms with Crippen LogP contribution < -0.4 is 0 Å². The smallest absolute Gasteiger partial charge is 0.115 e. The van der Waals surface area contributed by atoms with Crippen molar-refractivity contribution in [1.29, 1.82) is 0 Å². The van der Waals surface area contributed by atoms with Gasteiger partial charge in [0.15, 0.2) is 0 Å². The number of hydrogen-bond donors (Lipinski definition) is 1. The van der Waals surface area contributed by atoms with E-state index < -0.39 is 0 Å². The van der Waals surface area contributed by atoms with E-state index in [4.69, 9.17) is 0 Å². The molecule has 0 bridgehead atoms. The van der Waals surface area contributed by atoms with Gasteiger partial charge in [0.2, 0.25) is 0 Å². The van der Waals surface area contributed by atoms with Crippen molar-refractivity contribution in [3.05, 3.63) is 54.1 Å². The maximum Gasteiger partial charge on any atom is 0.115 e. The van der Waals surface area contributed by atoms with Crippen LogP contribution in [-0.2, 0) is 6.54 Å². The van der Waals surface area contributed by atoms with E-state index in [1.54, 1.807) is 23.9 Å². The number of benzene rings is 2. The van der Waals surface area contributed by atoms with Gasteiger partial charge in [-0.15, -0.1) is 0 Å². The second-order valence-corrected chi connectivity index (χ2v) is 5.56. The third kappa shape index (κ3) is 3.52. The van der Waals surface area contributed by atoms with E-state index in [0.717, 1.165) is 11.4 Å². The molecule has 0 fully saturated rings. The fourth-order valence-electron chi connectivity index (χ4n) is 1.72. The van der Waals surface area contributed by atoms with Crippen LogP contribution in [0.1, 0.15) is 5.56 Å². The van der Waals surface area contributed by atoms with E-state index in [1.165, 1.54) is 10.5 Å². The van der Waals surface area contributed by atoms with Crippen LogP contribution in [-0.4, -0.2) is 24.1 Å². The normalized spacial score (nSPS) is 10.8. The Morgan fingerprint density at radius 2 is 1.67 bits per heavy atom. The van der Waals surface area contributed by atoms with Gasteiger partial charge in [0.25, 0.3) is 0 Å². The first-order chi connectivity index (χ1) is 8.65. The molecule has 0 heterocycles. The van der Waals surface area contributed by atoms with E-state index in [9.17, 15) is 5.11 Å². The van der Waals surface area contributed by atoms with Crippen LogP contribution in [0.15, 0.2) is 58.3 Å². The van der Waals surface area contributed by atoms with Crippen LogP contribution in [0.3, 0.4) is 0 Å². The van der Waals surface area contributed by atoms with E-state index >= 15 is 0 Å². The minimum atomic E-state index is 0.306. The van der Waals surface area contributed by atoms with Gasteiger partial charge in [0, 0.05) is 16.3 Å². The van der Waals surface area contributed by atoms with Crippen molar-refractivity contribution < 1.29 is 5.11 Å². The molecular formula is C15H17NOS. The molecule has 3 heteroatoms. The van der Waals surface area contributed by atoms with Crippen molar-refractivity contribution in [3.8, 4) is 5.75 Å². The first kappa shape index (κ1) is 13.0. The molecule has 0 radical (unpaired) electrons. The maximum atomic E-state index is 9.28. The molecule has 2 nitrogen and oxygen atoms in total. The van der Waals surface area contributed by atoms with Crippen LogP contribution >= 0.6 is 11.8 Å². The molecule has 0 saturated heterocycles. The predicted molar refractivity (Wildman–Crippen MR) is 76.1 cm³/mol. The summed E-state index contributed by atoms with van der Waals surface area (Å²) in [6.45, 7) is 0.932. The molecule has 0 aliphatic carbocycles. The average Bonchev–Trinajstić information content (AvgIpc) is 2.34. The predicted octanol–water partition coefficient (Wildman–Crippen LogP) is 3.61. The minimum Gasteiger partial charge on any atom is -0.508 e. The van der Waals surface area contributed by atoms with Crippen LogP contribution in [0.5, 0.6) is 5.75 Å². The Bertz CT molecular complexity index is 508. The quantitative estimate of drug-likeness (QED) is 0.907. The summed E-state index contributed by atoms with van der Waals surface area (Å²) in [5.41, 5.74) is 1.32. The molecule has 18 heavy (non-hydrogen) atoms. The third-order valence-electron chi connectivity index (χ3n) is 2.52. The van der Waals surface area contributed by atoms with Gasteiger partial charge in [-0.1, -0.05) is 30.0 Å². The Morgan fingerprint density at radius 3 is 2.33 bits per heavy atom. The van der Waals surface area contributed by atoms with Crippen LogP contribution in [0, 0.1) is 0 Å². The fraction of sp³-hybridized carbons (Fsp3) is 0.200. The summed E-state index contributed by atoms with van der Waals surface area (Å²) in [6, 6.07) is 15.7. The molecule has 94 valence electrons. The van der Waals surface area contributed by atoms with Gasteiger partial charge in [-0.2, -0.15) is 0 Å². The second-order valence-electron chi connectivity index (χ2n) is 4.44. The summed E-state index contributed by atoms with van der Waals surface area (Å²) in [4.78, 5) is 4.56. The molecule has 0 atom stereocenters. The van der Waals surface area contributed by atoms with Gasteiger partial charge in [0.1, 0.15) is 5.75 Å². The van der Waals surface area contributed by atoms with Crippen LogP contribution in [0.2, 0.25) is 0 Å².